The SMILES string of the molecule is Cn1nnc(CN2CCOCC2CN)n1. The van der Waals surface area contributed by atoms with Gasteiger partial charge >= 0.3 is 0 Å². The van der Waals surface area contributed by atoms with Crippen LogP contribution in [0.5, 0.6) is 0 Å². The highest BCUT2D eigenvalue weighted by molar-refractivity contribution is 4.83. The highest BCUT2D eigenvalue weighted by Crippen LogP contribution is 2.08. The molecular formula is C8H16N6O. The van der Waals surface area contributed by atoms with E-state index in [0.29, 0.717) is 19.7 Å². The van der Waals surface area contributed by atoms with Gasteiger partial charge in [0.1, 0.15) is 0 Å². The second-order valence-electron chi connectivity index (χ2n) is 3.63. The third kappa shape index (κ3) is 2.49. The van der Waals surface area contributed by atoms with Gasteiger partial charge in [0.2, 0.25) is 0 Å². The van der Waals surface area contributed by atoms with Crippen molar-refractivity contribution in [3.05, 3.63) is 5.82 Å². The predicted octanol–water partition coefficient (Wildman–Crippen LogP) is -1.63. The Kier molecular flexibility index (Phi) is 3.24. The van der Waals surface area contributed by atoms with Gasteiger partial charge in [-0.2, -0.15) is 4.80 Å². The first-order valence-corrected chi connectivity index (χ1v) is 5.04. The van der Waals surface area contributed by atoms with Crippen LogP contribution in [0.4, 0.5) is 0 Å². The lowest BCUT2D eigenvalue weighted by Crippen LogP contribution is -2.48. The minimum atomic E-state index is 0.266. The maximum atomic E-state index is 5.67. The number of aryl methyl sites for hydroxylation is 1. The van der Waals surface area contributed by atoms with Crippen LogP contribution in [0.25, 0.3) is 0 Å². The van der Waals surface area contributed by atoms with E-state index in [4.69, 9.17) is 10.5 Å². The smallest absolute Gasteiger partial charge is 0.188 e. The summed E-state index contributed by atoms with van der Waals surface area (Å²) in [6.07, 6.45) is 0. The Balaban J connectivity index is 1.97. The number of nitrogens with zero attached hydrogens (tertiary/aromatic N) is 5. The largest absolute Gasteiger partial charge is 0.378 e. The second-order valence-corrected chi connectivity index (χ2v) is 3.63. The van der Waals surface area contributed by atoms with E-state index < -0.39 is 0 Å². The Morgan fingerprint density at radius 3 is 3.13 bits per heavy atom. The molecule has 0 aliphatic carbocycles. The molecule has 7 nitrogen and oxygen atoms in total. The van der Waals surface area contributed by atoms with Crippen molar-refractivity contribution in [3.63, 3.8) is 0 Å². The molecule has 2 N–H and O–H groups in total. The first-order chi connectivity index (χ1) is 7.29. The van der Waals surface area contributed by atoms with Crippen LogP contribution in [0.1, 0.15) is 5.82 Å². The van der Waals surface area contributed by atoms with Crippen LogP contribution in [-0.4, -0.2) is 57.5 Å². The van der Waals surface area contributed by atoms with Crippen molar-refractivity contribution >= 4 is 0 Å². The molecule has 1 atom stereocenters. The average molecular weight is 212 g/mol. The van der Waals surface area contributed by atoms with Gasteiger partial charge in [0, 0.05) is 19.1 Å². The summed E-state index contributed by atoms with van der Waals surface area (Å²) in [5, 5.41) is 11.9. The van der Waals surface area contributed by atoms with E-state index >= 15 is 0 Å². The Labute approximate surface area is 88.2 Å². The molecule has 0 amide bonds. The molecule has 0 spiro atoms. The van der Waals surface area contributed by atoms with Gasteiger partial charge in [0.15, 0.2) is 5.82 Å². The minimum absolute atomic E-state index is 0.266. The van der Waals surface area contributed by atoms with Gasteiger partial charge in [-0.25, -0.2) is 0 Å². The zero-order valence-corrected chi connectivity index (χ0v) is 8.83. The van der Waals surface area contributed by atoms with Crippen molar-refractivity contribution in [2.24, 2.45) is 12.8 Å². The number of tetrazole rings is 1. The lowest BCUT2D eigenvalue weighted by Gasteiger charge is -2.33. The van der Waals surface area contributed by atoms with Crippen LogP contribution in [0.15, 0.2) is 0 Å². The summed E-state index contributed by atoms with van der Waals surface area (Å²) in [5.74, 6) is 0.734. The summed E-state index contributed by atoms with van der Waals surface area (Å²) in [4.78, 5) is 3.70. The fraction of sp³-hybridized carbons (Fsp3) is 0.875. The van der Waals surface area contributed by atoms with E-state index in [1.807, 2.05) is 0 Å². The number of hydrogen-bond acceptors (Lipinski definition) is 6. The van der Waals surface area contributed by atoms with Crippen molar-refractivity contribution in [3.8, 4) is 0 Å². The Hall–Kier alpha value is -1.05. The van der Waals surface area contributed by atoms with Crippen LogP contribution in [0.3, 0.4) is 0 Å². The van der Waals surface area contributed by atoms with E-state index in [1.165, 1.54) is 4.80 Å². The van der Waals surface area contributed by atoms with E-state index in [9.17, 15) is 0 Å². The molecule has 2 heterocycles. The van der Waals surface area contributed by atoms with Gasteiger partial charge in [-0.15, -0.1) is 10.2 Å². The molecule has 1 fully saturated rings. The summed E-state index contributed by atoms with van der Waals surface area (Å²) in [5.41, 5.74) is 5.67. The van der Waals surface area contributed by atoms with Crippen LogP contribution >= 0.6 is 0 Å². The van der Waals surface area contributed by atoms with Gasteiger partial charge < -0.3 is 10.5 Å². The van der Waals surface area contributed by atoms with Gasteiger partial charge in [-0.3, -0.25) is 4.90 Å². The molecule has 0 radical (unpaired) electrons. The molecular weight excluding hydrogens is 196 g/mol. The van der Waals surface area contributed by atoms with E-state index in [2.05, 4.69) is 20.3 Å². The number of morpholine rings is 1. The van der Waals surface area contributed by atoms with Crippen molar-refractivity contribution < 1.29 is 4.74 Å². The second kappa shape index (κ2) is 4.65. The fourth-order valence-electron chi connectivity index (χ4n) is 1.68. The van der Waals surface area contributed by atoms with E-state index in [0.717, 1.165) is 19.0 Å². The van der Waals surface area contributed by atoms with Crippen molar-refractivity contribution in [1.82, 2.24) is 25.1 Å². The zero-order chi connectivity index (χ0) is 10.7. The molecule has 1 saturated heterocycles. The molecule has 0 bridgehead atoms. The molecule has 1 aromatic rings. The molecule has 1 unspecified atom stereocenters. The number of aromatic nitrogens is 4. The molecule has 15 heavy (non-hydrogen) atoms. The lowest BCUT2D eigenvalue weighted by atomic mass is 10.2. The minimum Gasteiger partial charge on any atom is -0.378 e. The summed E-state index contributed by atoms with van der Waals surface area (Å²) in [6, 6.07) is 0.266. The molecule has 7 heteroatoms. The molecule has 84 valence electrons. The molecule has 1 aliphatic heterocycles. The van der Waals surface area contributed by atoms with Crippen LogP contribution in [0, 0.1) is 0 Å². The van der Waals surface area contributed by atoms with Crippen LogP contribution in [-0.2, 0) is 18.3 Å². The Morgan fingerprint density at radius 2 is 2.47 bits per heavy atom. The van der Waals surface area contributed by atoms with Gasteiger partial charge in [-0.1, -0.05) is 0 Å². The Bertz CT molecular complexity index is 314. The van der Waals surface area contributed by atoms with E-state index in [1.54, 1.807) is 7.05 Å². The number of hydrogen-bond donors (Lipinski definition) is 1. The van der Waals surface area contributed by atoms with E-state index in [-0.39, 0.29) is 6.04 Å². The van der Waals surface area contributed by atoms with Crippen molar-refractivity contribution in [1.29, 1.82) is 0 Å². The van der Waals surface area contributed by atoms with Crippen molar-refractivity contribution in [2.75, 3.05) is 26.3 Å². The monoisotopic (exact) mass is 212 g/mol. The molecule has 1 aromatic heterocycles. The zero-order valence-electron chi connectivity index (χ0n) is 8.83. The maximum Gasteiger partial charge on any atom is 0.188 e. The first-order valence-electron chi connectivity index (χ1n) is 5.04. The average Bonchev–Trinajstić information content (AvgIpc) is 2.65. The third-order valence-electron chi connectivity index (χ3n) is 2.52. The Morgan fingerprint density at radius 1 is 1.60 bits per heavy atom. The van der Waals surface area contributed by atoms with Crippen LogP contribution in [0.2, 0.25) is 0 Å². The highest BCUT2D eigenvalue weighted by atomic mass is 16.5. The van der Waals surface area contributed by atoms with Crippen molar-refractivity contribution in [2.45, 2.75) is 12.6 Å². The van der Waals surface area contributed by atoms with Gasteiger partial charge in [0.25, 0.3) is 0 Å². The fourth-order valence-corrected chi connectivity index (χ4v) is 1.68. The topological polar surface area (TPSA) is 82.1 Å². The molecule has 0 saturated carbocycles. The standard InChI is InChI=1S/C8H16N6O/c1-13-11-8(10-12-13)5-14-2-3-15-6-7(14)4-9/h7H,2-6,9H2,1H3. The highest BCUT2D eigenvalue weighted by Gasteiger charge is 2.22. The quantitative estimate of drug-likeness (QED) is 0.648. The summed E-state index contributed by atoms with van der Waals surface area (Å²) in [7, 11) is 1.76. The number of rotatable bonds is 3. The number of nitrogens with two attached hydrogens (primary N) is 1. The lowest BCUT2D eigenvalue weighted by molar-refractivity contribution is -0.00907. The summed E-state index contributed by atoms with van der Waals surface area (Å²) >= 11 is 0. The molecule has 2 rings (SSSR count). The van der Waals surface area contributed by atoms with Gasteiger partial charge in [-0.05, 0) is 5.21 Å². The first kappa shape index (κ1) is 10.5. The third-order valence-corrected chi connectivity index (χ3v) is 2.52. The normalized spacial score (nSPS) is 23.2. The van der Waals surface area contributed by atoms with Gasteiger partial charge in [0.05, 0.1) is 26.8 Å². The predicted molar refractivity (Wildman–Crippen MR) is 52.9 cm³/mol. The summed E-state index contributed by atoms with van der Waals surface area (Å²) < 4.78 is 5.36. The molecule has 0 aromatic carbocycles. The molecule has 1 aliphatic rings. The number of ether oxygens (including phenoxy) is 1. The maximum absolute atomic E-state index is 5.67. The van der Waals surface area contributed by atoms with Crippen LogP contribution < -0.4 is 5.73 Å². The summed E-state index contributed by atoms with van der Waals surface area (Å²) in [6.45, 7) is 3.60.